The third-order valence-corrected chi connectivity index (χ3v) is 6.66. The van der Waals surface area contributed by atoms with Crippen LogP contribution in [0.1, 0.15) is 46.9 Å². The minimum Gasteiger partial charge on any atom is -0.339 e. The number of fused-ring (bicyclic) bond motifs is 1. The Kier molecular flexibility index (Phi) is 7.73. The Hall–Kier alpha value is -4.52. The molecule has 1 aromatic carbocycles. The quantitative estimate of drug-likeness (QED) is 0.284. The second kappa shape index (κ2) is 11.7. The molecule has 1 amide bonds. The van der Waals surface area contributed by atoms with Crippen LogP contribution in [0.4, 0.5) is 0 Å². The number of nitrogens with one attached hydrogen (secondary N) is 1. The van der Waals surface area contributed by atoms with Gasteiger partial charge in [-0.3, -0.25) is 19.0 Å². The number of aromatic amines is 1. The van der Waals surface area contributed by atoms with Crippen LogP contribution in [0.25, 0.3) is 16.9 Å². The van der Waals surface area contributed by atoms with E-state index in [1.165, 1.54) is 0 Å². The first kappa shape index (κ1) is 25.1. The highest BCUT2D eigenvalue weighted by molar-refractivity contribution is 5.94. The molecule has 0 spiro atoms. The Morgan fingerprint density at radius 2 is 1.84 bits per heavy atom. The molecule has 5 aromatic rings. The topological polar surface area (TPSA) is 83.4 Å². The maximum Gasteiger partial charge on any atom is 0.253 e. The van der Waals surface area contributed by atoms with Crippen LogP contribution < -0.4 is 5.56 Å². The number of aromatic nitrogens is 4. The summed E-state index contributed by atoms with van der Waals surface area (Å²) < 4.78 is 2.01. The Bertz CT molecular complexity index is 1570. The van der Waals surface area contributed by atoms with Crippen LogP contribution in [-0.4, -0.2) is 43.2 Å². The van der Waals surface area contributed by atoms with Gasteiger partial charge in [-0.25, -0.2) is 4.98 Å². The lowest BCUT2D eigenvalue weighted by molar-refractivity contribution is 0.0753. The van der Waals surface area contributed by atoms with Gasteiger partial charge in [0.15, 0.2) is 0 Å². The number of imidazole rings is 1. The summed E-state index contributed by atoms with van der Waals surface area (Å²) in [6, 6.07) is 21.4. The molecule has 0 unspecified atom stereocenters. The van der Waals surface area contributed by atoms with Crippen molar-refractivity contribution in [3.05, 3.63) is 124 Å². The number of hydrogen-bond acceptors (Lipinski definition) is 4. The minimum atomic E-state index is -0.139. The molecule has 4 heterocycles. The molecule has 38 heavy (non-hydrogen) atoms. The van der Waals surface area contributed by atoms with Crippen LogP contribution in [0.15, 0.2) is 96.3 Å². The average Bonchev–Trinajstić information content (AvgIpc) is 3.44. The fraction of sp³-hybridized carbons (Fsp3) is 0.226. The van der Waals surface area contributed by atoms with Crippen LogP contribution in [-0.2, 0) is 12.8 Å². The van der Waals surface area contributed by atoms with Crippen molar-refractivity contribution in [1.82, 2.24) is 24.3 Å². The van der Waals surface area contributed by atoms with Crippen molar-refractivity contribution in [2.24, 2.45) is 0 Å². The molecule has 0 fully saturated rings. The molecule has 7 heteroatoms. The lowest BCUT2D eigenvalue weighted by Gasteiger charge is -2.22. The molecule has 0 atom stereocenters. The fourth-order valence-electron chi connectivity index (χ4n) is 4.80. The maximum absolute atomic E-state index is 13.3. The van der Waals surface area contributed by atoms with Crippen LogP contribution >= 0.6 is 0 Å². The lowest BCUT2D eigenvalue weighted by atomic mass is 10.0. The van der Waals surface area contributed by atoms with Crippen molar-refractivity contribution in [2.75, 3.05) is 13.1 Å². The third-order valence-electron chi connectivity index (χ3n) is 6.66. The molecule has 0 radical (unpaired) electrons. The van der Waals surface area contributed by atoms with Gasteiger partial charge in [-0.1, -0.05) is 31.2 Å². The largest absolute Gasteiger partial charge is 0.339 e. The number of benzene rings is 1. The van der Waals surface area contributed by atoms with Gasteiger partial charge >= 0.3 is 0 Å². The first-order valence-corrected chi connectivity index (χ1v) is 13.0. The van der Waals surface area contributed by atoms with Crippen molar-refractivity contribution in [3.8, 4) is 11.3 Å². The van der Waals surface area contributed by atoms with Gasteiger partial charge in [-0.15, -0.1) is 0 Å². The number of rotatable bonds is 10. The average molecular weight is 506 g/mol. The smallest absolute Gasteiger partial charge is 0.253 e. The van der Waals surface area contributed by atoms with Crippen LogP contribution in [0.2, 0.25) is 0 Å². The molecular weight excluding hydrogens is 474 g/mol. The molecule has 0 saturated carbocycles. The van der Waals surface area contributed by atoms with Crippen molar-refractivity contribution in [3.63, 3.8) is 0 Å². The zero-order valence-corrected chi connectivity index (χ0v) is 21.5. The van der Waals surface area contributed by atoms with E-state index in [1.807, 2.05) is 76.3 Å². The van der Waals surface area contributed by atoms with Crippen molar-refractivity contribution < 1.29 is 4.79 Å². The SMILES string of the molecule is CCCN(CCCc1ccccn1)C(=O)c1ccc(Cc2ccc(-c3cc[nH]c(=O)c3)n3ccnc23)cc1. The molecule has 1 N–H and O–H groups in total. The zero-order valence-electron chi connectivity index (χ0n) is 21.5. The molecule has 0 saturated heterocycles. The summed E-state index contributed by atoms with van der Waals surface area (Å²) in [6.07, 6.45) is 10.5. The molecule has 0 aliphatic rings. The van der Waals surface area contributed by atoms with Crippen LogP contribution in [0.5, 0.6) is 0 Å². The highest BCUT2D eigenvalue weighted by Gasteiger charge is 2.16. The standard InChI is InChI=1S/C31H31N5O2/c1-2-18-35(19-5-7-27-6-3-4-15-32-27)31(38)24-10-8-23(9-11-24)21-26-12-13-28(36-20-17-34-30(26)36)25-14-16-33-29(37)22-25/h3-4,6,8-17,20,22H,2,5,7,18-19,21H2,1H3,(H,33,37). The molecular formula is C31H31N5O2. The second-order valence-corrected chi connectivity index (χ2v) is 9.40. The van der Waals surface area contributed by atoms with Gasteiger partial charge in [0.05, 0.1) is 5.69 Å². The number of pyridine rings is 3. The molecule has 0 aliphatic heterocycles. The monoisotopic (exact) mass is 505 g/mol. The van der Waals surface area contributed by atoms with E-state index in [2.05, 4.69) is 27.9 Å². The number of carbonyl (C=O) groups excluding carboxylic acids is 1. The summed E-state index contributed by atoms with van der Waals surface area (Å²) in [5.74, 6) is 0.0669. The number of nitrogens with zero attached hydrogens (tertiary/aromatic N) is 4. The number of H-pyrrole nitrogens is 1. The van der Waals surface area contributed by atoms with E-state index in [0.29, 0.717) is 18.5 Å². The Balaban J connectivity index is 1.28. The maximum atomic E-state index is 13.3. The third kappa shape index (κ3) is 5.72. The van der Waals surface area contributed by atoms with Crippen molar-refractivity contribution in [1.29, 1.82) is 0 Å². The zero-order chi connectivity index (χ0) is 26.3. The van der Waals surface area contributed by atoms with E-state index in [9.17, 15) is 9.59 Å². The number of hydrogen-bond donors (Lipinski definition) is 1. The van der Waals surface area contributed by atoms with Crippen molar-refractivity contribution >= 4 is 11.6 Å². The highest BCUT2D eigenvalue weighted by Crippen LogP contribution is 2.23. The number of aryl methyl sites for hydroxylation is 1. The van der Waals surface area contributed by atoms with E-state index >= 15 is 0 Å². The summed E-state index contributed by atoms with van der Waals surface area (Å²) in [6.45, 7) is 3.54. The Morgan fingerprint density at radius 1 is 0.974 bits per heavy atom. The van der Waals surface area contributed by atoms with E-state index in [1.54, 1.807) is 18.5 Å². The normalized spacial score (nSPS) is 11.1. The number of amides is 1. The van der Waals surface area contributed by atoms with Gasteiger partial charge < -0.3 is 9.88 Å². The van der Waals surface area contributed by atoms with Gasteiger partial charge in [0.1, 0.15) is 5.65 Å². The first-order chi connectivity index (χ1) is 18.6. The minimum absolute atomic E-state index is 0.0669. The summed E-state index contributed by atoms with van der Waals surface area (Å²) in [5.41, 5.74) is 6.39. The lowest BCUT2D eigenvalue weighted by Crippen LogP contribution is -2.33. The predicted molar refractivity (Wildman–Crippen MR) is 149 cm³/mol. The summed E-state index contributed by atoms with van der Waals surface area (Å²) in [7, 11) is 0. The summed E-state index contributed by atoms with van der Waals surface area (Å²) >= 11 is 0. The fourth-order valence-corrected chi connectivity index (χ4v) is 4.80. The van der Waals surface area contributed by atoms with Crippen LogP contribution in [0.3, 0.4) is 0 Å². The highest BCUT2D eigenvalue weighted by atomic mass is 16.2. The molecule has 5 rings (SSSR count). The van der Waals surface area contributed by atoms with Gasteiger partial charge in [0, 0.05) is 67.2 Å². The van der Waals surface area contributed by atoms with Crippen LogP contribution in [0, 0.1) is 0 Å². The van der Waals surface area contributed by atoms with Gasteiger partial charge in [-0.2, -0.15) is 0 Å². The Morgan fingerprint density at radius 3 is 2.61 bits per heavy atom. The molecule has 192 valence electrons. The van der Waals surface area contributed by atoms with Gasteiger partial charge in [0.25, 0.3) is 5.91 Å². The first-order valence-electron chi connectivity index (χ1n) is 13.0. The number of carbonyl (C=O) groups is 1. The predicted octanol–water partition coefficient (Wildman–Crippen LogP) is 5.16. The van der Waals surface area contributed by atoms with Gasteiger partial charge in [-0.05, 0) is 66.8 Å². The molecule has 0 bridgehead atoms. The van der Waals surface area contributed by atoms with E-state index in [-0.39, 0.29) is 11.5 Å². The molecule has 0 aliphatic carbocycles. The summed E-state index contributed by atoms with van der Waals surface area (Å²) in [5, 5.41) is 0. The molecule has 4 aromatic heterocycles. The van der Waals surface area contributed by atoms with Gasteiger partial charge in [0.2, 0.25) is 5.56 Å². The van der Waals surface area contributed by atoms with E-state index in [4.69, 9.17) is 0 Å². The molecule has 7 nitrogen and oxygen atoms in total. The Labute approximate surface area is 221 Å². The van der Waals surface area contributed by atoms with E-state index < -0.39 is 0 Å². The van der Waals surface area contributed by atoms with Crippen molar-refractivity contribution in [2.45, 2.75) is 32.6 Å². The second-order valence-electron chi connectivity index (χ2n) is 9.40. The van der Waals surface area contributed by atoms with E-state index in [0.717, 1.165) is 59.5 Å². The summed E-state index contributed by atoms with van der Waals surface area (Å²) in [4.78, 5) is 38.6.